The van der Waals surface area contributed by atoms with Crippen molar-refractivity contribution < 1.29 is 18.3 Å². The molecule has 0 aliphatic heterocycles. The van der Waals surface area contributed by atoms with Crippen molar-refractivity contribution in [1.29, 1.82) is 0 Å². The van der Waals surface area contributed by atoms with Crippen LogP contribution in [-0.4, -0.2) is 32.6 Å². The Balaban J connectivity index is 1.23. The van der Waals surface area contributed by atoms with Crippen LogP contribution in [0.25, 0.3) is 5.57 Å². The maximum absolute atomic E-state index is 11.7. The first-order chi connectivity index (χ1) is 24.3. The molecule has 52 heavy (non-hydrogen) atoms. The summed E-state index contributed by atoms with van der Waals surface area (Å²) in [6.45, 7) is 23.9. The largest absolute Gasteiger partial charge is 0.478 e. The van der Waals surface area contributed by atoms with E-state index in [1.807, 2.05) is 24.3 Å². The highest BCUT2D eigenvalue weighted by atomic mass is 32.2. The van der Waals surface area contributed by atoms with Crippen molar-refractivity contribution >= 4 is 21.6 Å². The Labute approximate surface area is 314 Å². The summed E-state index contributed by atoms with van der Waals surface area (Å²) in [6.07, 6.45) is 14.3. The van der Waals surface area contributed by atoms with E-state index in [0.717, 1.165) is 44.3 Å². The summed E-state index contributed by atoms with van der Waals surface area (Å²) in [5, 5.41) is 18.7. The van der Waals surface area contributed by atoms with Crippen molar-refractivity contribution in [2.45, 2.75) is 118 Å². The molecule has 4 N–H and O–H groups in total. The van der Waals surface area contributed by atoms with Crippen LogP contribution in [0.3, 0.4) is 0 Å². The average Bonchev–Trinajstić information content (AvgIpc) is 3.07. The molecule has 4 aliphatic rings. The number of allylic oxidation sites excluding steroid dienone is 3. The molecule has 0 saturated heterocycles. The van der Waals surface area contributed by atoms with Gasteiger partial charge in [-0.05, 0) is 169 Å². The van der Waals surface area contributed by atoms with E-state index in [9.17, 15) is 18.3 Å². The van der Waals surface area contributed by atoms with Gasteiger partial charge in [-0.3, -0.25) is 0 Å². The summed E-state index contributed by atoms with van der Waals surface area (Å²) >= 11 is 0. The number of nitrogens with one attached hydrogen (secondary N) is 1. The van der Waals surface area contributed by atoms with Crippen LogP contribution in [0, 0.1) is 50.7 Å². The van der Waals surface area contributed by atoms with Gasteiger partial charge in [-0.25, -0.2) is 18.4 Å². The number of benzene rings is 2. The molecule has 0 aromatic heterocycles. The highest BCUT2D eigenvalue weighted by Gasteiger charge is 2.68. The third-order valence-corrected chi connectivity index (χ3v) is 16.9. The third-order valence-electron chi connectivity index (χ3n) is 16.0. The second kappa shape index (κ2) is 13.8. The molecule has 0 heterocycles. The lowest BCUT2D eigenvalue weighted by Crippen LogP contribution is -2.66. The predicted octanol–water partition coefficient (Wildman–Crippen LogP) is 9.91. The first-order valence-electron chi connectivity index (χ1n) is 19.8. The lowest BCUT2D eigenvalue weighted by Gasteiger charge is -2.72. The summed E-state index contributed by atoms with van der Waals surface area (Å²) in [6, 6.07) is 14.5. The molecular formula is C45H64N2O4S. The van der Waals surface area contributed by atoms with Gasteiger partial charge in [0.15, 0.2) is 0 Å². The van der Waals surface area contributed by atoms with Gasteiger partial charge in [0.1, 0.15) is 0 Å². The zero-order valence-corrected chi connectivity index (χ0v) is 33.7. The summed E-state index contributed by atoms with van der Waals surface area (Å²) in [5.74, 6) is 1.59. The Morgan fingerprint density at radius 3 is 2.19 bits per heavy atom. The summed E-state index contributed by atoms with van der Waals surface area (Å²) < 4.78 is 23.4. The number of carbonyl (C=O) groups is 1. The van der Waals surface area contributed by atoms with Gasteiger partial charge in [0.05, 0.1) is 10.5 Å². The van der Waals surface area contributed by atoms with Crippen molar-refractivity contribution in [2.24, 2.45) is 55.9 Å². The smallest absolute Gasteiger partial charge is 0.335 e. The topological polar surface area (TPSA) is 109 Å². The van der Waals surface area contributed by atoms with E-state index in [-0.39, 0.29) is 32.0 Å². The molecule has 2 aromatic carbocycles. The van der Waals surface area contributed by atoms with Crippen LogP contribution in [-0.2, 0) is 16.4 Å². The Kier molecular flexibility index (Phi) is 10.4. The normalized spacial score (nSPS) is 35.4. The summed E-state index contributed by atoms with van der Waals surface area (Å²) in [4.78, 5) is 11.7. The first-order valence-corrected chi connectivity index (χ1v) is 21.4. The highest BCUT2D eigenvalue weighted by molar-refractivity contribution is 7.89. The zero-order chi connectivity index (χ0) is 37.9. The fourth-order valence-electron chi connectivity index (χ4n) is 13.0. The van der Waals surface area contributed by atoms with Crippen LogP contribution in [0.2, 0.25) is 0 Å². The molecule has 2 aromatic rings. The number of sulfonamides is 1. The average molecular weight is 729 g/mol. The number of fused-ring (bicyclic) bond motifs is 5. The van der Waals surface area contributed by atoms with Crippen LogP contribution >= 0.6 is 0 Å². The molecule has 4 aliphatic carbocycles. The standard InChI is InChI=1S/C45H64N2O4S/c1-9-45(29-47-27-22-31-10-16-34(17-11-31)52(46,50)51)26-25-43(7)36(37(45)28-30(2)3)18-19-39-42(6)23-20-35(32-12-14-33(15-13-32)40(48)49)41(4,5)38(42)21-24-44(39,43)8/h10-17,20,36-39,47H,2,9,18-19,21-29H2,1,3-8H3,(H,48,49)(H2,46,50,51). The molecule has 0 radical (unpaired) electrons. The van der Waals surface area contributed by atoms with Crippen molar-refractivity contribution in [1.82, 2.24) is 5.32 Å². The highest BCUT2D eigenvalue weighted by Crippen LogP contribution is 2.76. The van der Waals surface area contributed by atoms with Gasteiger partial charge in [-0.2, -0.15) is 0 Å². The quantitative estimate of drug-likeness (QED) is 0.158. The number of rotatable bonds is 11. The van der Waals surface area contributed by atoms with Crippen molar-refractivity contribution in [3.8, 4) is 0 Å². The van der Waals surface area contributed by atoms with Crippen LogP contribution in [0.4, 0.5) is 0 Å². The molecular weight excluding hydrogens is 665 g/mol. The van der Waals surface area contributed by atoms with E-state index in [1.165, 1.54) is 55.2 Å². The van der Waals surface area contributed by atoms with E-state index in [2.05, 4.69) is 66.4 Å². The lowest BCUT2D eigenvalue weighted by molar-refractivity contribution is -0.226. The Morgan fingerprint density at radius 2 is 1.60 bits per heavy atom. The second-order valence-corrected chi connectivity index (χ2v) is 20.3. The minimum Gasteiger partial charge on any atom is -0.478 e. The van der Waals surface area contributed by atoms with Gasteiger partial charge in [-0.1, -0.05) is 77.5 Å². The molecule has 7 heteroatoms. The van der Waals surface area contributed by atoms with E-state index < -0.39 is 16.0 Å². The van der Waals surface area contributed by atoms with Crippen LogP contribution in [0.15, 0.2) is 71.7 Å². The van der Waals surface area contributed by atoms with E-state index >= 15 is 0 Å². The van der Waals surface area contributed by atoms with Crippen LogP contribution in [0.1, 0.15) is 128 Å². The Morgan fingerprint density at radius 1 is 0.923 bits per heavy atom. The van der Waals surface area contributed by atoms with Gasteiger partial charge in [0, 0.05) is 6.54 Å². The van der Waals surface area contributed by atoms with E-state index in [1.54, 1.807) is 24.3 Å². The molecule has 0 spiro atoms. The fourth-order valence-corrected chi connectivity index (χ4v) is 13.5. The maximum Gasteiger partial charge on any atom is 0.335 e. The molecule has 6 nitrogen and oxygen atoms in total. The molecule has 3 saturated carbocycles. The minimum absolute atomic E-state index is 0.000923. The van der Waals surface area contributed by atoms with E-state index in [0.29, 0.717) is 29.2 Å². The summed E-state index contributed by atoms with van der Waals surface area (Å²) in [7, 11) is -3.69. The Hall–Kier alpha value is -2.74. The number of hydrogen-bond donors (Lipinski definition) is 3. The van der Waals surface area contributed by atoms with Crippen LogP contribution < -0.4 is 10.5 Å². The Bertz CT molecular complexity index is 1810. The predicted molar refractivity (Wildman–Crippen MR) is 212 cm³/mol. The van der Waals surface area contributed by atoms with Gasteiger partial charge >= 0.3 is 5.97 Å². The number of aromatic carboxylic acids is 1. The monoisotopic (exact) mass is 728 g/mol. The maximum atomic E-state index is 11.7. The molecule has 8 atom stereocenters. The molecule has 6 rings (SSSR count). The van der Waals surface area contributed by atoms with Gasteiger partial charge in [-0.15, -0.1) is 6.58 Å². The number of hydrogen-bond acceptors (Lipinski definition) is 4. The SMILES string of the molecule is C=C(C)CC1C2CCC3C4(C)CC=C(c5ccc(C(=O)O)cc5)C(C)(C)C4CCC3(C)C2(C)CCC1(CC)CNCCc1ccc(S(N)(=O)=O)cc1. The van der Waals surface area contributed by atoms with Crippen molar-refractivity contribution in [3.63, 3.8) is 0 Å². The molecule has 0 bridgehead atoms. The van der Waals surface area contributed by atoms with E-state index in [4.69, 9.17) is 5.14 Å². The lowest BCUT2D eigenvalue weighted by atomic mass is 9.32. The fraction of sp³-hybridized carbons (Fsp3) is 0.622. The van der Waals surface area contributed by atoms with Crippen molar-refractivity contribution in [2.75, 3.05) is 13.1 Å². The number of nitrogens with two attached hydrogens (primary N) is 1. The summed E-state index contributed by atoms with van der Waals surface area (Å²) in [5.41, 5.74) is 6.25. The minimum atomic E-state index is -3.69. The molecule has 3 fully saturated rings. The van der Waals surface area contributed by atoms with Crippen molar-refractivity contribution in [3.05, 3.63) is 83.4 Å². The molecule has 284 valence electrons. The number of carboxylic acid groups (broad SMARTS) is 1. The van der Waals surface area contributed by atoms with Gasteiger partial charge in [0.2, 0.25) is 10.0 Å². The molecule has 0 amide bonds. The van der Waals surface area contributed by atoms with Gasteiger partial charge < -0.3 is 10.4 Å². The second-order valence-electron chi connectivity index (χ2n) is 18.7. The number of primary sulfonamides is 1. The zero-order valence-electron chi connectivity index (χ0n) is 32.9. The van der Waals surface area contributed by atoms with Crippen LogP contribution in [0.5, 0.6) is 0 Å². The van der Waals surface area contributed by atoms with Gasteiger partial charge in [0.25, 0.3) is 0 Å². The first kappa shape index (κ1) is 39.0. The molecule has 8 unspecified atom stereocenters. The third kappa shape index (κ3) is 6.45. The number of carboxylic acids is 1.